The van der Waals surface area contributed by atoms with Gasteiger partial charge in [-0.05, 0) is 33.4 Å². The van der Waals surface area contributed by atoms with Gasteiger partial charge in [-0.1, -0.05) is 109 Å². The van der Waals surface area contributed by atoms with Crippen molar-refractivity contribution in [2.24, 2.45) is 10.9 Å². The summed E-state index contributed by atoms with van der Waals surface area (Å²) in [6, 6.07) is 35.9. The Morgan fingerprint density at radius 2 is 0.971 bits per heavy atom. The Balaban J connectivity index is 1.32. The van der Waals surface area contributed by atoms with E-state index < -0.39 is 5.92 Å². The van der Waals surface area contributed by atoms with Gasteiger partial charge in [0.25, 0.3) is 5.91 Å². The predicted octanol–water partition coefficient (Wildman–Crippen LogP) is 5.51. The van der Waals surface area contributed by atoms with E-state index in [-0.39, 0.29) is 11.8 Å². The number of carbonyl (C=O) groups excluding carboxylic acids is 2. The Bertz CT molecular complexity index is 1470. The molecule has 1 atom stereocenters. The van der Waals surface area contributed by atoms with Crippen LogP contribution in [0.1, 0.15) is 11.1 Å². The molecule has 0 fully saturated rings. The van der Waals surface area contributed by atoms with Gasteiger partial charge >= 0.3 is 0 Å². The van der Waals surface area contributed by atoms with Crippen molar-refractivity contribution in [2.45, 2.75) is 0 Å². The predicted molar refractivity (Wildman–Crippen MR) is 134 cm³/mol. The SMILES string of the molecule is O=C1N=C(c2ccc(-c3ccccc3)cc2)C2C(=O)NC(c3ccc(-c4ccccc4)cc3)=C12. The molecule has 1 N–H and O–H groups in total. The van der Waals surface area contributed by atoms with Crippen molar-refractivity contribution >= 4 is 23.2 Å². The van der Waals surface area contributed by atoms with E-state index in [0.717, 1.165) is 33.4 Å². The van der Waals surface area contributed by atoms with Crippen LogP contribution in [0.4, 0.5) is 0 Å². The number of fused-ring (bicyclic) bond motifs is 1. The molecule has 4 nitrogen and oxygen atoms in total. The topological polar surface area (TPSA) is 58.5 Å². The monoisotopic (exact) mass is 440 g/mol. The molecular weight excluding hydrogens is 420 g/mol. The molecule has 2 aliphatic rings. The average Bonchev–Trinajstić information content (AvgIpc) is 3.43. The molecule has 0 bridgehead atoms. The quantitative estimate of drug-likeness (QED) is 0.455. The van der Waals surface area contributed by atoms with Crippen molar-refractivity contribution < 1.29 is 9.59 Å². The molecule has 2 heterocycles. The summed E-state index contributed by atoms with van der Waals surface area (Å²) < 4.78 is 0. The van der Waals surface area contributed by atoms with Gasteiger partial charge in [0.05, 0.1) is 17.0 Å². The fourth-order valence-corrected chi connectivity index (χ4v) is 4.65. The van der Waals surface area contributed by atoms with E-state index in [1.165, 1.54) is 0 Å². The third kappa shape index (κ3) is 3.37. The zero-order valence-electron chi connectivity index (χ0n) is 18.2. The summed E-state index contributed by atoms with van der Waals surface area (Å²) in [5.41, 5.74) is 7.44. The standard InChI is InChI=1S/C30H20N2O2/c33-29-25-26(28(32-29)24-17-13-22(14-18-24)20-9-5-2-6-10-20)30(34)31-27(25)23-15-11-21(12-16-23)19-7-3-1-4-8-19/h1-18,25H,(H,32,33). The van der Waals surface area contributed by atoms with E-state index in [0.29, 0.717) is 17.0 Å². The molecule has 4 aromatic carbocycles. The second-order valence-electron chi connectivity index (χ2n) is 8.40. The first-order valence-electron chi connectivity index (χ1n) is 11.2. The van der Waals surface area contributed by atoms with Crippen LogP contribution in [-0.2, 0) is 9.59 Å². The summed E-state index contributed by atoms with van der Waals surface area (Å²) in [5.74, 6) is -1.25. The summed E-state index contributed by atoms with van der Waals surface area (Å²) in [4.78, 5) is 30.2. The molecule has 162 valence electrons. The smallest absolute Gasteiger partial charge is 0.276 e. The number of aliphatic imine (C=N–C) groups is 1. The molecule has 0 saturated carbocycles. The van der Waals surface area contributed by atoms with Gasteiger partial charge in [0.15, 0.2) is 0 Å². The largest absolute Gasteiger partial charge is 0.324 e. The summed E-state index contributed by atoms with van der Waals surface area (Å²) in [6.45, 7) is 0. The molecule has 0 radical (unpaired) electrons. The van der Waals surface area contributed by atoms with Crippen LogP contribution in [0.5, 0.6) is 0 Å². The lowest BCUT2D eigenvalue weighted by molar-refractivity contribution is -0.121. The highest BCUT2D eigenvalue weighted by Crippen LogP contribution is 2.37. The minimum Gasteiger partial charge on any atom is -0.324 e. The lowest BCUT2D eigenvalue weighted by Gasteiger charge is -2.08. The van der Waals surface area contributed by atoms with Gasteiger partial charge in [0.1, 0.15) is 5.92 Å². The Kier molecular flexibility index (Phi) is 4.77. The van der Waals surface area contributed by atoms with Gasteiger partial charge < -0.3 is 5.32 Å². The molecule has 0 saturated heterocycles. The maximum absolute atomic E-state index is 13.0. The fourth-order valence-electron chi connectivity index (χ4n) is 4.65. The van der Waals surface area contributed by atoms with Crippen LogP contribution in [0.3, 0.4) is 0 Å². The molecule has 4 heteroatoms. The van der Waals surface area contributed by atoms with E-state index in [2.05, 4.69) is 10.3 Å². The van der Waals surface area contributed by atoms with Crippen molar-refractivity contribution in [3.8, 4) is 22.3 Å². The first-order chi connectivity index (χ1) is 16.7. The average molecular weight is 441 g/mol. The van der Waals surface area contributed by atoms with Crippen LogP contribution in [0.2, 0.25) is 0 Å². The first kappa shape index (κ1) is 20.1. The van der Waals surface area contributed by atoms with Crippen LogP contribution < -0.4 is 5.32 Å². The lowest BCUT2D eigenvalue weighted by atomic mass is 9.91. The third-order valence-corrected chi connectivity index (χ3v) is 6.36. The van der Waals surface area contributed by atoms with Crippen LogP contribution in [0.25, 0.3) is 28.0 Å². The number of carbonyl (C=O) groups is 2. The van der Waals surface area contributed by atoms with Crippen molar-refractivity contribution in [3.05, 3.63) is 126 Å². The van der Waals surface area contributed by atoms with Crippen molar-refractivity contribution in [2.75, 3.05) is 0 Å². The fraction of sp³-hybridized carbons (Fsp3) is 0.0333. The van der Waals surface area contributed by atoms with Gasteiger partial charge in [0.2, 0.25) is 5.91 Å². The van der Waals surface area contributed by atoms with E-state index in [9.17, 15) is 9.59 Å². The molecule has 2 amide bonds. The van der Waals surface area contributed by atoms with E-state index >= 15 is 0 Å². The molecule has 6 rings (SSSR count). The highest BCUT2D eigenvalue weighted by Gasteiger charge is 2.45. The van der Waals surface area contributed by atoms with Crippen LogP contribution in [-0.4, -0.2) is 17.5 Å². The Morgan fingerprint density at radius 3 is 1.50 bits per heavy atom. The van der Waals surface area contributed by atoms with Crippen molar-refractivity contribution in [1.82, 2.24) is 5.32 Å². The second kappa shape index (κ2) is 8.09. The summed E-state index contributed by atoms with van der Waals surface area (Å²) in [5, 5.41) is 2.94. The number of rotatable bonds is 4. The zero-order chi connectivity index (χ0) is 23.1. The van der Waals surface area contributed by atoms with Crippen LogP contribution in [0.15, 0.2) is 120 Å². The van der Waals surface area contributed by atoms with Gasteiger partial charge in [-0.2, -0.15) is 0 Å². The Labute approximate surface area is 197 Å². The zero-order valence-corrected chi connectivity index (χ0v) is 18.2. The number of nitrogens with zero attached hydrogens (tertiary/aromatic N) is 1. The maximum Gasteiger partial charge on any atom is 0.276 e. The summed E-state index contributed by atoms with van der Waals surface area (Å²) >= 11 is 0. The molecule has 34 heavy (non-hydrogen) atoms. The molecule has 4 aromatic rings. The molecule has 0 spiro atoms. The van der Waals surface area contributed by atoms with Gasteiger partial charge in [-0.15, -0.1) is 0 Å². The Hall–Kier alpha value is -4.57. The normalized spacial score (nSPS) is 16.9. The van der Waals surface area contributed by atoms with E-state index in [1.807, 2.05) is 109 Å². The maximum atomic E-state index is 13.0. The second-order valence-corrected chi connectivity index (χ2v) is 8.40. The first-order valence-corrected chi connectivity index (χ1v) is 11.2. The van der Waals surface area contributed by atoms with Gasteiger partial charge in [-0.3, -0.25) is 9.59 Å². The molecule has 1 unspecified atom stereocenters. The highest BCUT2D eigenvalue weighted by atomic mass is 16.2. The van der Waals surface area contributed by atoms with Crippen molar-refractivity contribution in [3.63, 3.8) is 0 Å². The number of amides is 2. The van der Waals surface area contributed by atoms with Crippen molar-refractivity contribution in [1.29, 1.82) is 0 Å². The number of hydrogen-bond acceptors (Lipinski definition) is 2. The molecule has 0 aromatic heterocycles. The minimum atomic E-state index is -0.682. The summed E-state index contributed by atoms with van der Waals surface area (Å²) in [7, 11) is 0. The number of nitrogens with one attached hydrogen (secondary N) is 1. The highest BCUT2D eigenvalue weighted by molar-refractivity contribution is 6.33. The lowest BCUT2D eigenvalue weighted by Crippen LogP contribution is -2.26. The van der Waals surface area contributed by atoms with Gasteiger partial charge in [-0.25, -0.2) is 4.99 Å². The number of hydrogen-bond donors (Lipinski definition) is 1. The third-order valence-electron chi connectivity index (χ3n) is 6.36. The molecule has 0 aliphatic carbocycles. The molecule has 2 aliphatic heterocycles. The number of benzene rings is 4. The van der Waals surface area contributed by atoms with E-state index in [4.69, 9.17) is 0 Å². The van der Waals surface area contributed by atoms with Crippen LogP contribution >= 0.6 is 0 Å². The minimum absolute atomic E-state index is 0.214. The van der Waals surface area contributed by atoms with Crippen LogP contribution in [0, 0.1) is 5.92 Å². The summed E-state index contributed by atoms with van der Waals surface area (Å²) in [6.07, 6.45) is 0. The van der Waals surface area contributed by atoms with E-state index in [1.54, 1.807) is 0 Å². The van der Waals surface area contributed by atoms with Gasteiger partial charge in [0, 0.05) is 0 Å². The molecular formula is C30H20N2O2. The Morgan fingerprint density at radius 1 is 0.529 bits per heavy atom.